The second kappa shape index (κ2) is 7.13. The highest BCUT2D eigenvalue weighted by molar-refractivity contribution is 7.11. The lowest BCUT2D eigenvalue weighted by molar-refractivity contribution is -0.122. The van der Waals surface area contributed by atoms with E-state index in [1.165, 1.54) is 4.88 Å². The Kier molecular flexibility index (Phi) is 4.94. The monoisotopic (exact) mass is 344 g/mol. The molecule has 1 aliphatic heterocycles. The number of rotatable bonds is 6. The maximum absolute atomic E-state index is 12.1. The summed E-state index contributed by atoms with van der Waals surface area (Å²) in [7, 11) is 0. The van der Waals surface area contributed by atoms with Crippen molar-refractivity contribution in [3.05, 3.63) is 51.0 Å². The summed E-state index contributed by atoms with van der Waals surface area (Å²) < 4.78 is 5.29. The Morgan fingerprint density at radius 3 is 2.92 bits per heavy atom. The van der Waals surface area contributed by atoms with Gasteiger partial charge in [0.2, 0.25) is 5.91 Å². The molecule has 6 heteroatoms. The van der Waals surface area contributed by atoms with Gasteiger partial charge in [0, 0.05) is 23.4 Å². The predicted molar refractivity (Wildman–Crippen MR) is 92.2 cm³/mol. The summed E-state index contributed by atoms with van der Waals surface area (Å²) in [6.07, 6.45) is 1.32. The fourth-order valence-corrected chi connectivity index (χ4v) is 3.86. The Balaban J connectivity index is 1.51. The van der Waals surface area contributed by atoms with Crippen molar-refractivity contribution in [2.24, 2.45) is 0 Å². The van der Waals surface area contributed by atoms with E-state index < -0.39 is 6.10 Å². The molecule has 1 aromatic heterocycles. The highest BCUT2D eigenvalue weighted by Crippen LogP contribution is 2.32. The number of esters is 1. The molecule has 0 unspecified atom stereocenters. The van der Waals surface area contributed by atoms with Crippen LogP contribution in [0.2, 0.25) is 0 Å². The van der Waals surface area contributed by atoms with Gasteiger partial charge in [-0.1, -0.05) is 25.1 Å². The van der Waals surface area contributed by atoms with Gasteiger partial charge in [0.25, 0.3) is 0 Å². The maximum atomic E-state index is 12.1. The Bertz CT molecular complexity index is 769. The molecule has 0 aliphatic carbocycles. The first-order chi connectivity index (χ1) is 11.6. The second-order valence-corrected chi connectivity index (χ2v) is 7.04. The van der Waals surface area contributed by atoms with E-state index in [1.807, 2.05) is 12.1 Å². The van der Waals surface area contributed by atoms with Gasteiger partial charge in [-0.2, -0.15) is 0 Å². The SMILES string of the molecule is CCc1nc(CCNC(=O)C[C@H]2OC(=O)c3ccccc32)sc1C. The lowest BCUT2D eigenvalue weighted by Gasteiger charge is -2.10. The number of hydrogen-bond acceptors (Lipinski definition) is 5. The zero-order chi connectivity index (χ0) is 17.1. The first-order valence-corrected chi connectivity index (χ1v) is 8.92. The van der Waals surface area contributed by atoms with Gasteiger partial charge in [0.1, 0.15) is 6.10 Å². The highest BCUT2D eigenvalue weighted by Gasteiger charge is 2.31. The summed E-state index contributed by atoms with van der Waals surface area (Å²) in [6.45, 7) is 4.70. The van der Waals surface area contributed by atoms with Crippen LogP contribution in [0.3, 0.4) is 0 Å². The zero-order valence-corrected chi connectivity index (χ0v) is 14.6. The average Bonchev–Trinajstić information content (AvgIpc) is 3.08. The van der Waals surface area contributed by atoms with Crippen LogP contribution in [0.5, 0.6) is 0 Å². The smallest absolute Gasteiger partial charge is 0.339 e. The van der Waals surface area contributed by atoms with E-state index in [2.05, 4.69) is 24.1 Å². The molecule has 1 amide bonds. The molecule has 1 aliphatic rings. The van der Waals surface area contributed by atoms with Crippen molar-refractivity contribution in [3.8, 4) is 0 Å². The quantitative estimate of drug-likeness (QED) is 0.818. The molecule has 5 nitrogen and oxygen atoms in total. The van der Waals surface area contributed by atoms with Gasteiger partial charge in [-0.05, 0) is 19.4 Å². The minimum atomic E-state index is -0.484. The van der Waals surface area contributed by atoms with Crippen LogP contribution in [0.15, 0.2) is 24.3 Å². The average molecular weight is 344 g/mol. The third-order valence-corrected chi connectivity index (χ3v) is 5.15. The van der Waals surface area contributed by atoms with Gasteiger partial charge in [0.15, 0.2) is 0 Å². The van der Waals surface area contributed by atoms with Crippen molar-refractivity contribution in [2.45, 2.75) is 39.2 Å². The molecule has 1 aromatic carbocycles. The summed E-state index contributed by atoms with van der Waals surface area (Å²) in [5.74, 6) is -0.470. The second-order valence-electron chi connectivity index (χ2n) is 5.75. The van der Waals surface area contributed by atoms with Crippen molar-refractivity contribution in [1.29, 1.82) is 0 Å². The number of hydrogen-bond donors (Lipinski definition) is 1. The summed E-state index contributed by atoms with van der Waals surface area (Å²) in [5, 5.41) is 3.93. The molecule has 2 aromatic rings. The molecule has 0 radical (unpaired) electrons. The van der Waals surface area contributed by atoms with E-state index >= 15 is 0 Å². The fraction of sp³-hybridized carbons (Fsp3) is 0.389. The molecule has 1 atom stereocenters. The molecule has 0 saturated heterocycles. The van der Waals surface area contributed by atoms with Gasteiger partial charge in [-0.25, -0.2) is 9.78 Å². The molecule has 0 spiro atoms. The number of cyclic esters (lactones) is 1. The Morgan fingerprint density at radius 1 is 1.38 bits per heavy atom. The van der Waals surface area contributed by atoms with Crippen molar-refractivity contribution < 1.29 is 14.3 Å². The molecular formula is C18H20N2O3S. The van der Waals surface area contributed by atoms with Crippen LogP contribution in [0.25, 0.3) is 0 Å². The first-order valence-electron chi connectivity index (χ1n) is 8.10. The number of ether oxygens (including phenoxy) is 1. The number of fused-ring (bicyclic) bond motifs is 1. The minimum Gasteiger partial charge on any atom is -0.453 e. The number of benzene rings is 1. The number of aryl methyl sites for hydroxylation is 2. The lowest BCUT2D eigenvalue weighted by Crippen LogP contribution is -2.27. The third kappa shape index (κ3) is 3.48. The molecule has 2 heterocycles. The third-order valence-electron chi connectivity index (χ3n) is 4.08. The number of carbonyl (C=O) groups is 2. The molecule has 0 saturated carbocycles. The Labute approximate surface area is 145 Å². The van der Waals surface area contributed by atoms with Crippen molar-refractivity contribution in [2.75, 3.05) is 6.54 Å². The molecular weight excluding hydrogens is 324 g/mol. The molecule has 1 N–H and O–H groups in total. The van der Waals surface area contributed by atoms with Gasteiger partial charge in [-0.15, -0.1) is 11.3 Å². The number of nitrogens with zero attached hydrogens (tertiary/aromatic N) is 1. The molecule has 0 bridgehead atoms. The largest absolute Gasteiger partial charge is 0.453 e. The van der Waals surface area contributed by atoms with E-state index in [0.29, 0.717) is 12.1 Å². The number of thiazole rings is 1. The predicted octanol–water partition coefficient (Wildman–Crippen LogP) is 2.97. The Morgan fingerprint density at radius 2 is 2.17 bits per heavy atom. The van der Waals surface area contributed by atoms with Gasteiger partial charge < -0.3 is 10.1 Å². The molecule has 24 heavy (non-hydrogen) atoms. The first kappa shape index (κ1) is 16.6. The minimum absolute atomic E-state index is 0.117. The lowest BCUT2D eigenvalue weighted by atomic mass is 10.0. The van der Waals surface area contributed by atoms with Gasteiger partial charge in [-0.3, -0.25) is 4.79 Å². The topological polar surface area (TPSA) is 68.3 Å². The Hall–Kier alpha value is -2.21. The van der Waals surface area contributed by atoms with Crippen LogP contribution in [0.4, 0.5) is 0 Å². The van der Waals surface area contributed by atoms with E-state index in [-0.39, 0.29) is 18.3 Å². The van der Waals surface area contributed by atoms with E-state index in [0.717, 1.165) is 29.1 Å². The normalized spacial score (nSPS) is 15.9. The molecule has 3 rings (SSSR count). The van der Waals surface area contributed by atoms with Gasteiger partial charge >= 0.3 is 5.97 Å². The van der Waals surface area contributed by atoms with E-state index in [1.54, 1.807) is 23.5 Å². The summed E-state index contributed by atoms with van der Waals surface area (Å²) >= 11 is 1.68. The summed E-state index contributed by atoms with van der Waals surface area (Å²) in [5.41, 5.74) is 2.48. The fourth-order valence-electron chi connectivity index (χ4n) is 2.84. The van der Waals surface area contributed by atoms with E-state index in [9.17, 15) is 9.59 Å². The zero-order valence-electron chi connectivity index (χ0n) is 13.8. The summed E-state index contributed by atoms with van der Waals surface area (Å²) in [6, 6.07) is 7.21. The number of amides is 1. The van der Waals surface area contributed by atoms with Crippen molar-refractivity contribution in [3.63, 3.8) is 0 Å². The van der Waals surface area contributed by atoms with Crippen LogP contribution >= 0.6 is 11.3 Å². The molecule has 126 valence electrons. The van der Waals surface area contributed by atoms with Gasteiger partial charge in [0.05, 0.1) is 22.7 Å². The van der Waals surface area contributed by atoms with Crippen LogP contribution < -0.4 is 5.32 Å². The summed E-state index contributed by atoms with van der Waals surface area (Å²) in [4.78, 5) is 29.7. The number of nitrogens with one attached hydrogen (secondary N) is 1. The molecule has 0 fully saturated rings. The van der Waals surface area contributed by atoms with Crippen molar-refractivity contribution in [1.82, 2.24) is 10.3 Å². The highest BCUT2D eigenvalue weighted by atomic mass is 32.1. The maximum Gasteiger partial charge on any atom is 0.339 e. The van der Waals surface area contributed by atoms with Crippen LogP contribution in [-0.2, 0) is 22.4 Å². The van der Waals surface area contributed by atoms with Crippen LogP contribution in [0.1, 0.15) is 50.9 Å². The van der Waals surface area contributed by atoms with Crippen LogP contribution in [0, 0.1) is 6.92 Å². The standard InChI is InChI=1S/C18H20N2O3S/c1-3-14-11(2)24-17(20-14)8-9-19-16(21)10-15-12-6-4-5-7-13(12)18(22)23-15/h4-7,15H,3,8-10H2,1-2H3,(H,19,21)/t15-/m1/s1. The number of carbonyl (C=O) groups excluding carboxylic acids is 2. The van der Waals surface area contributed by atoms with E-state index in [4.69, 9.17) is 4.74 Å². The number of aromatic nitrogens is 1. The van der Waals surface area contributed by atoms with Crippen molar-refractivity contribution >= 4 is 23.2 Å². The van der Waals surface area contributed by atoms with Crippen LogP contribution in [-0.4, -0.2) is 23.4 Å².